The number of halogens is 4. The summed E-state index contributed by atoms with van der Waals surface area (Å²) < 4.78 is 38.8. The molecular weight excluding hydrogens is 277 g/mol. The first kappa shape index (κ1) is 16.3. The third kappa shape index (κ3) is 3.84. The molecule has 1 aromatic carbocycles. The van der Waals surface area contributed by atoms with Crippen LogP contribution in [0.5, 0.6) is 0 Å². The van der Waals surface area contributed by atoms with Crippen LogP contribution in [-0.2, 0) is 6.18 Å². The largest absolute Gasteiger partial charge is 0.416 e. The first-order valence-corrected chi connectivity index (χ1v) is 6.11. The summed E-state index contributed by atoms with van der Waals surface area (Å²) in [6.07, 6.45) is -4.28. The molecule has 6 heteroatoms. The van der Waals surface area contributed by atoms with Crippen molar-refractivity contribution >= 4 is 12.4 Å². The van der Waals surface area contributed by atoms with Crippen LogP contribution in [0.1, 0.15) is 24.1 Å². The van der Waals surface area contributed by atoms with E-state index in [0.717, 1.165) is 32.2 Å². The number of hydrogen-bond donors (Lipinski definition) is 1. The molecule has 1 aliphatic heterocycles. The van der Waals surface area contributed by atoms with Crippen molar-refractivity contribution in [1.29, 1.82) is 0 Å². The van der Waals surface area contributed by atoms with Gasteiger partial charge in [0.05, 0.1) is 5.56 Å². The van der Waals surface area contributed by atoms with Gasteiger partial charge in [-0.05, 0) is 18.6 Å². The van der Waals surface area contributed by atoms with Gasteiger partial charge in [0.1, 0.15) is 0 Å². The van der Waals surface area contributed by atoms with Crippen molar-refractivity contribution in [3.63, 3.8) is 0 Å². The SMILES string of the molecule is C[C@H](c1ccccc1C(F)(F)F)N1CCNCC1.Cl. The van der Waals surface area contributed by atoms with Crippen molar-refractivity contribution in [3.8, 4) is 0 Å². The van der Waals surface area contributed by atoms with Crippen molar-refractivity contribution in [3.05, 3.63) is 35.4 Å². The molecule has 1 atom stereocenters. The van der Waals surface area contributed by atoms with Gasteiger partial charge >= 0.3 is 6.18 Å². The Bertz CT molecular complexity index is 403. The molecule has 19 heavy (non-hydrogen) atoms. The zero-order valence-electron chi connectivity index (χ0n) is 10.7. The quantitative estimate of drug-likeness (QED) is 0.902. The minimum absolute atomic E-state index is 0. The summed E-state index contributed by atoms with van der Waals surface area (Å²) in [6, 6.07) is 5.65. The van der Waals surface area contributed by atoms with E-state index in [0.29, 0.717) is 5.56 Å². The van der Waals surface area contributed by atoms with E-state index in [1.54, 1.807) is 12.1 Å². The number of rotatable bonds is 2. The fraction of sp³-hybridized carbons (Fsp3) is 0.538. The van der Waals surface area contributed by atoms with E-state index in [1.807, 2.05) is 6.92 Å². The molecule has 1 saturated heterocycles. The summed E-state index contributed by atoms with van der Waals surface area (Å²) >= 11 is 0. The molecule has 2 nitrogen and oxygen atoms in total. The van der Waals surface area contributed by atoms with Crippen molar-refractivity contribution < 1.29 is 13.2 Å². The van der Waals surface area contributed by atoms with E-state index >= 15 is 0 Å². The lowest BCUT2D eigenvalue weighted by atomic mass is 9.99. The average molecular weight is 295 g/mol. The summed E-state index contributed by atoms with van der Waals surface area (Å²) in [4.78, 5) is 2.08. The van der Waals surface area contributed by atoms with Crippen molar-refractivity contribution in [2.45, 2.75) is 19.1 Å². The Labute approximate surface area is 117 Å². The van der Waals surface area contributed by atoms with Crippen LogP contribution < -0.4 is 5.32 Å². The summed E-state index contributed by atoms with van der Waals surface area (Å²) in [5.74, 6) is 0. The number of piperazine rings is 1. The molecule has 0 amide bonds. The second-order valence-electron chi connectivity index (χ2n) is 4.55. The topological polar surface area (TPSA) is 15.3 Å². The van der Waals surface area contributed by atoms with Crippen molar-refractivity contribution in [2.75, 3.05) is 26.2 Å². The average Bonchev–Trinajstić information content (AvgIpc) is 2.38. The second kappa shape index (κ2) is 6.59. The smallest absolute Gasteiger partial charge is 0.314 e. The fourth-order valence-corrected chi connectivity index (χ4v) is 2.39. The van der Waals surface area contributed by atoms with Crippen LogP contribution in [0.3, 0.4) is 0 Å². The van der Waals surface area contributed by atoms with Gasteiger partial charge < -0.3 is 5.32 Å². The van der Waals surface area contributed by atoms with Gasteiger partial charge in [0.25, 0.3) is 0 Å². The maximum atomic E-state index is 12.9. The summed E-state index contributed by atoms with van der Waals surface area (Å²) in [6.45, 7) is 5.08. The molecule has 1 N–H and O–H groups in total. The predicted octanol–water partition coefficient (Wildman–Crippen LogP) is 3.09. The molecule has 1 aromatic rings. The highest BCUT2D eigenvalue weighted by Gasteiger charge is 2.35. The molecule has 0 radical (unpaired) electrons. The van der Waals surface area contributed by atoms with Crippen molar-refractivity contribution in [1.82, 2.24) is 10.2 Å². The lowest BCUT2D eigenvalue weighted by Gasteiger charge is -2.34. The van der Waals surface area contributed by atoms with E-state index in [2.05, 4.69) is 10.2 Å². The standard InChI is InChI=1S/C13H17F3N2.ClH/c1-10(18-8-6-17-7-9-18)11-4-2-3-5-12(11)13(14,15)16;/h2-5,10,17H,6-9H2,1H3;1H/t10-;/m1./s1. The molecule has 108 valence electrons. The van der Waals surface area contributed by atoms with Crippen LogP contribution in [0.25, 0.3) is 0 Å². The van der Waals surface area contributed by atoms with E-state index in [-0.39, 0.29) is 18.4 Å². The summed E-state index contributed by atoms with van der Waals surface area (Å²) in [5, 5.41) is 3.20. The Hall–Kier alpha value is -0.780. The first-order chi connectivity index (χ1) is 8.50. The van der Waals surface area contributed by atoms with Gasteiger partial charge in [-0.1, -0.05) is 18.2 Å². The third-order valence-electron chi connectivity index (χ3n) is 3.42. The van der Waals surface area contributed by atoms with Crippen LogP contribution in [0.15, 0.2) is 24.3 Å². The van der Waals surface area contributed by atoms with E-state index < -0.39 is 11.7 Å². The molecule has 1 heterocycles. The van der Waals surface area contributed by atoms with Gasteiger partial charge in [-0.3, -0.25) is 4.90 Å². The van der Waals surface area contributed by atoms with Gasteiger partial charge in [-0.2, -0.15) is 13.2 Å². The molecular formula is C13H18ClF3N2. The summed E-state index contributed by atoms with van der Waals surface area (Å²) in [5.41, 5.74) is -0.150. The van der Waals surface area contributed by atoms with Crippen molar-refractivity contribution in [2.24, 2.45) is 0 Å². The monoisotopic (exact) mass is 294 g/mol. The van der Waals surface area contributed by atoms with Crippen LogP contribution in [0.2, 0.25) is 0 Å². The lowest BCUT2D eigenvalue weighted by Crippen LogP contribution is -2.44. The number of alkyl halides is 3. The van der Waals surface area contributed by atoms with E-state index in [4.69, 9.17) is 0 Å². The zero-order valence-corrected chi connectivity index (χ0v) is 11.5. The van der Waals surface area contributed by atoms with Gasteiger partial charge in [0.2, 0.25) is 0 Å². The Balaban J connectivity index is 0.00000180. The molecule has 1 fully saturated rings. The molecule has 0 aromatic heterocycles. The zero-order chi connectivity index (χ0) is 13.2. The second-order valence-corrected chi connectivity index (χ2v) is 4.55. The predicted molar refractivity (Wildman–Crippen MR) is 71.5 cm³/mol. The van der Waals surface area contributed by atoms with Gasteiger partial charge in [-0.15, -0.1) is 12.4 Å². The number of benzene rings is 1. The van der Waals surface area contributed by atoms with Crippen LogP contribution in [0, 0.1) is 0 Å². The third-order valence-corrected chi connectivity index (χ3v) is 3.42. The Morgan fingerprint density at radius 2 is 1.74 bits per heavy atom. The maximum absolute atomic E-state index is 12.9. The fourth-order valence-electron chi connectivity index (χ4n) is 2.39. The first-order valence-electron chi connectivity index (χ1n) is 6.11. The number of hydrogen-bond acceptors (Lipinski definition) is 2. The summed E-state index contributed by atoms with van der Waals surface area (Å²) in [7, 11) is 0. The lowest BCUT2D eigenvalue weighted by molar-refractivity contribution is -0.138. The van der Waals surface area contributed by atoms with Crippen LogP contribution in [-0.4, -0.2) is 31.1 Å². The highest BCUT2D eigenvalue weighted by atomic mass is 35.5. The molecule has 2 rings (SSSR count). The highest BCUT2D eigenvalue weighted by Crippen LogP contribution is 2.36. The van der Waals surface area contributed by atoms with Crippen LogP contribution >= 0.6 is 12.4 Å². The molecule has 0 bridgehead atoms. The molecule has 0 spiro atoms. The van der Waals surface area contributed by atoms with Crippen LogP contribution in [0.4, 0.5) is 13.2 Å². The molecule has 1 aliphatic rings. The Kier molecular flexibility index (Phi) is 5.64. The number of nitrogens with zero attached hydrogens (tertiary/aromatic N) is 1. The van der Waals surface area contributed by atoms with Gasteiger partial charge in [0.15, 0.2) is 0 Å². The number of nitrogens with one attached hydrogen (secondary N) is 1. The molecule has 0 saturated carbocycles. The molecule has 0 aliphatic carbocycles. The van der Waals surface area contributed by atoms with E-state index in [9.17, 15) is 13.2 Å². The van der Waals surface area contributed by atoms with Gasteiger partial charge in [-0.25, -0.2) is 0 Å². The Morgan fingerprint density at radius 3 is 2.32 bits per heavy atom. The minimum atomic E-state index is -4.28. The highest BCUT2D eigenvalue weighted by molar-refractivity contribution is 5.85. The Morgan fingerprint density at radius 1 is 1.16 bits per heavy atom. The van der Waals surface area contributed by atoms with E-state index in [1.165, 1.54) is 6.07 Å². The maximum Gasteiger partial charge on any atom is 0.416 e. The normalized spacial score (nSPS) is 18.7. The van der Waals surface area contributed by atoms with Gasteiger partial charge in [0, 0.05) is 32.2 Å². The molecule has 0 unspecified atom stereocenters. The minimum Gasteiger partial charge on any atom is -0.314 e.